The lowest BCUT2D eigenvalue weighted by molar-refractivity contribution is -0.142. The molecule has 1 unspecified atom stereocenters. The highest BCUT2D eigenvalue weighted by atomic mass is 35.5. The molecule has 156 valence electrons. The van der Waals surface area contributed by atoms with Crippen LogP contribution < -0.4 is 10.1 Å². The van der Waals surface area contributed by atoms with E-state index in [2.05, 4.69) is 5.32 Å². The van der Waals surface area contributed by atoms with Crippen LogP contribution in [-0.4, -0.2) is 35.9 Å². The van der Waals surface area contributed by atoms with Crippen LogP contribution in [0.15, 0.2) is 42.5 Å². The van der Waals surface area contributed by atoms with E-state index in [1.165, 1.54) is 0 Å². The molecule has 29 heavy (non-hydrogen) atoms. The van der Waals surface area contributed by atoms with E-state index >= 15 is 0 Å². The van der Waals surface area contributed by atoms with E-state index < -0.39 is 6.04 Å². The smallest absolute Gasteiger partial charge is 0.261 e. The Morgan fingerprint density at radius 3 is 2.52 bits per heavy atom. The monoisotopic (exact) mass is 416 g/mol. The molecule has 2 amide bonds. The Morgan fingerprint density at radius 1 is 1.14 bits per heavy atom. The largest absolute Gasteiger partial charge is 0.484 e. The molecule has 0 bridgehead atoms. The van der Waals surface area contributed by atoms with E-state index in [4.69, 9.17) is 16.3 Å². The second-order valence-electron chi connectivity index (χ2n) is 7.11. The number of ether oxygens (including phenoxy) is 1. The SMILES string of the molecule is CCCNC(=O)C(C)N(Cc1ccccc1C)C(=O)COc1ccc(Cl)c(C)c1. The Kier molecular flexibility index (Phi) is 8.52. The standard InChI is InChI=1S/C23H29ClN2O3/c1-5-12-25-23(28)18(4)26(14-19-9-7-6-8-16(19)2)22(27)15-29-20-10-11-21(24)17(3)13-20/h6-11,13,18H,5,12,14-15H2,1-4H3,(H,25,28). The maximum absolute atomic E-state index is 13.0. The van der Waals surface area contributed by atoms with Gasteiger partial charge in [-0.25, -0.2) is 0 Å². The summed E-state index contributed by atoms with van der Waals surface area (Å²) in [5.74, 6) is 0.148. The van der Waals surface area contributed by atoms with Gasteiger partial charge in [-0.05, 0) is 62.1 Å². The summed E-state index contributed by atoms with van der Waals surface area (Å²) in [7, 11) is 0. The highest BCUT2D eigenvalue weighted by Gasteiger charge is 2.26. The number of carbonyl (C=O) groups excluding carboxylic acids is 2. The summed E-state index contributed by atoms with van der Waals surface area (Å²) in [4.78, 5) is 27.1. The summed E-state index contributed by atoms with van der Waals surface area (Å²) >= 11 is 6.04. The first kappa shape index (κ1) is 22.8. The number of hydrogen-bond acceptors (Lipinski definition) is 3. The van der Waals surface area contributed by atoms with Gasteiger partial charge in [-0.2, -0.15) is 0 Å². The first-order valence-corrected chi connectivity index (χ1v) is 10.2. The molecule has 2 rings (SSSR count). The van der Waals surface area contributed by atoms with Gasteiger partial charge in [0.1, 0.15) is 11.8 Å². The predicted molar refractivity (Wildman–Crippen MR) is 116 cm³/mol. The zero-order valence-electron chi connectivity index (χ0n) is 17.5. The lowest BCUT2D eigenvalue weighted by Crippen LogP contribution is -2.49. The Hall–Kier alpha value is -2.53. The lowest BCUT2D eigenvalue weighted by Gasteiger charge is -2.29. The molecule has 0 aliphatic heterocycles. The molecule has 6 heteroatoms. The van der Waals surface area contributed by atoms with Crippen molar-refractivity contribution in [1.29, 1.82) is 0 Å². The van der Waals surface area contributed by atoms with Crippen molar-refractivity contribution in [2.24, 2.45) is 0 Å². The minimum Gasteiger partial charge on any atom is -0.484 e. The zero-order chi connectivity index (χ0) is 21.4. The fraction of sp³-hybridized carbons (Fsp3) is 0.391. The van der Waals surface area contributed by atoms with Crippen molar-refractivity contribution >= 4 is 23.4 Å². The molecule has 0 saturated heterocycles. The Labute approximate surface area is 178 Å². The summed E-state index contributed by atoms with van der Waals surface area (Å²) in [6.07, 6.45) is 0.837. The van der Waals surface area contributed by atoms with Crippen LogP contribution in [0.5, 0.6) is 5.75 Å². The van der Waals surface area contributed by atoms with Gasteiger partial charge in [0.2, 0.25) is 5.91 Å². The average molecular weight is 417 g/mol. The molecule has 0 fully saturated rings. The zero-order valence-corrected chi connectivity index (χ0v) is 18.3. The van der Waals surface area contributed by atoms with Crippen LogP contribution in [-0.2, 0) is 16.1 Å². The molecule has 5 nitrogen and oxygen atoms in total. The van der Waals surface area contributed by atoms with Crippen molar-refractivity contribution in [1.82, 2.24) is 10.2 Å². The van der Waals surface area contributed by atoms with E-state index in [-0.39, 0.29) is 18.4 Å². The Bertz CT molecular complexity index is 854. The lowest BCUT2D eigenvalue weighted by atomic mass is 10.1. The molecule has 1 atom stereocenters. The fourth-order valence-corrected chi connectivity index (χ4v) is 3.00. The molecule has 2 aromatic carbocycles. The predicted octanol–water partition coefficient (Wildman–Crippen LogP) is 4.28. The number of nitrogens with zero attached hydrogens (tertiary/aromatic N) is 1. The molecule has 0 saturated carbocycles. The summed E-state index contributed by atoms with van der Waals surface area (Å²) < 4.78 is 5.68. The molecule has 1 N–H and O–H groups in total. The van der Waals surface area contributed by atoms with Crippen molar-refractivity contribution in [3.8, 4) is 5.75 Å². The Morgan fingerprint density at radius 2 is 1.86 bits per heavy atom. The van der Waals surface area contributed by atoms with Gasteiger partial charge in [-0.1, -0.05) is 42.8 Å². The van der Waals surface area contributed by atoms with Crippen LogP contribution >= 0.6 is 11.6 Å². The summed E-state index contributed by atoms with van der Waals surface area (Å²) in [5, 5.41) is 3.51. The van der Waals surface area contributed by atoms with Gasteiger partial charge in [0.25, 0.3) is 5.91 Å². The van der Waals surface area contributed by atoms with Crippen molar-refractivity contribution in [2.75, 3.05) is 13.2 Å². The molecule has 0 radical (unpaired) electrons. The maximum atomic E-state index is 13.0. The van der Waals surface area contributed by atoms with Crippen molar-refractivity contribution in [2.45, 2.75) is 46.7 Å². The van der Waals surface area contributed by atoms with Crippen LogP contribution in [0.25, 0.3) is 0 Å². The topological polar surface area (TPSA) is 58.6 Å². The summed E-state index contributed by atoms with van der Waals surface area (Å²) in [5.41, 5.74) is 2.94. The molecule has 0 aliphatic rings. The quantitative estimate of drug-likeness (QED) is 0.663. The van der Waals surface area contributed by atoms with Gasteiger partial charge < -0.3 is 15.0 Å². The number of amides is 2. The molecular weight excluding hydrogens is 388 g/mol. The third-order valence-corrected chi connectivity index (χ3v) is 5.23. The van der Waals surface area contributed by atoms with E-state index in [0.29, 0.717) is 23.9 Å². The number of halogens is 1. The average Bonchev–Trinajstić information content (AvgIpc) is 2.71. The van der Waals surface area contributed by atoms with Gasteiger partial charge in [-0.15, -0.1) is 0 Å². The van der Waals surface area contributed by atoms with E-state index in [1.54, 1.807) is 30.0 Å². The molecular formula is C23H29ClN2O3. The Balaban J connectivity index is 2.15. The van der Waals surface area contributed by atoms with Crippen LogP contribution in [0.1, 0.15) is 37.0 Å². The van der Waals surface area contributed by atoms with Gasteiger partial charge in [0.15, 0.2) is 6.61 Å². The van der Waals surface area contributed by atoms with E-state index in [1.807, 2.05) is 45.0 Å². The number of rotatable bonds is 9. The first-order valence-electron chi connectivity index (χ1n) is 9.84. The molecule has 0 aliphatic carbocycles. The maximum Gasteiger partial charge on any atom is 0.261 e. The second-order valence-corrected chi connectivity index (χ2v) is 7.52. The number of benzene rings is 2. The molecule has 0 spiro atoms. The number of carbonyl (C=O) groups is 2. The minimum absolute atomic E-state index is 0.154. The molecule has 2 aromatic rings. The molecule has 0 aromatic heterocycles. The highest BCUT2D eigenvalue weighted by Crippen LogP contribution is 2.21. The van der Waals surface area contributed by atoms with Crippen LogP contribution in [0, 0.1) is 13.8 Å². The molecule has 0 heterocycles. The fourth-order valence-electron chi connectivity index (χ4n) is 2.88. The second kappa shape index (κ2) is 10.9. The minimum atomic E-state index is -0.607. The van der Waals surface area contributed by atoms with Gasteiger partial charge in [-0.3, -0.25) is 9.59 Å². The first-order chi connectivity index (χ1) is 13.8. The third-order valence-electron chi connectivity index (χ3n) is 4.81. The van der Waals surface area contributed by atoms with Crippen LogP contribution in [0.2, 0.25) is 5.02 Å². The highest BCUT2D eigenvalue weighted by molar-refractivity contribution is 6.31. The number of aryl methyl sites for hydroxylation is 2. The van der Waals surface area contributed by atoms with Gasteiger partial charge in [0.05, 0.1) is 0 Å². The van der Waals surface area contributed by atoms with E-state index in [9.17, 15) is 9.59 Å². The summed E-state index contributed by atoms with van der Waals surface area (Å²) in [6, 6.07) is 12.5. The van der Waals surface area contributed by atoms with Crippen molar-refractivity contribution in [3.05, 3.63) is 64.2 Å². The van der Waals surface area contributed by atoms with Crippen molar-refractivity contribution < 1.29 is 14.3 Å². The number of hydrogen-bond donors (Lipinski definition) is 1. The van der Waals surface area contributed by atoms with Crippen molar-refractivity contribution in [3.63, 3.8) is 0 Å². The van der Waals surface area contributed by atoms with Crippen LogP contribution in [0.4, 0.5) is 0 Å². The third kappa shape index (κ3) is 6.50. The number of nitrogens with one attached hydrogen (secondary N) is 1. The van der Waals surface area contributed by atoms with Gasteiger partial charge in [0, 0.05) is 18.1 Å². The van der Waals surface area contributed by atoms with Gasteiger partial charge >= 0.3 is 0 Å². The summed E-state index contributed by atoms with van der Waals surface area (Å²) in [6.45, 7) is 8.37. The van der Waals surface area contributed by atoms with Crippen LogP contribution in [0.3, 0.4) is 0 Å². The van der Waals surface area contributed by atoms with E-state index in [0.717, 1.165) is 23.1 Å². The normalized spacial score (nSPS) is 11.6.